The summed E-state index contributed by atoms with van der Waals surface area (Å²) in [5.74, 6) is -0.246. The number of amides is 1. The molecule has 9 N–H and O–H groups in total. The first-order valence-electron chi connectivity index (χ1n) is 27.6. The van der Waals surface area contributed by atoms with E-state index in [0.717, 1.165) is 32.1 Å². The largest absolute Gasteiger partial charge is 0.394 e. The summed E-state index contributed by atoms with van der Waals surface area (Å²) in [5, 5.41) is 86.8. The molecule has 400 valence electrons. The third kappa shape index (κ3) is 27.3. The molecule has 0 aliphatic carbocycles. The van der Waals surface area contributed by atoms with E-state index in [-0.39, 0.29) is 18.9 Å². The Hall–Kier alpha value is -1.53. The Labute approximate surface area is 411 Å². The number of rotatable bonds is 43. The van der Waals surface area contributed by atoms with Crippen molar-refractivity contribution < 1.29 is 64.6 Å². The Morgan fingerprint density at radius 1 is 0.515 bits per heavy atom. The van der Waals surface area contributed by atoms with Crippen molar-refractivity contribution in [3.63, 3.8) is 0 Å². The highest BCUT2D eigenvalue weighted by molar-refractivity contribution is 5.76. The van der Waals surface area contributed by atoms with Crippen LogP contribution in [-0.2, 0) is 23.7 Å². The van der Waals surface area contributed by atoms with Gasteiger partial charge in [0.15, 0.2) is 12.6 Å². The van der Waals surface area contributed by atoms with Crippen molar-refractivity contribution in [1.29, 1.82) is 0 Å². The van der Waals surface area contributed by atoms with Gasteiger partial charge in [-0.2, -0.15) is 0 Å². The molecule has 2 aliphatic rings. The molecule has 2 rings (SSSR count). The normalized spacial score (nSPS) is 26.5. The van der Waals surface area contributed by atoms with E-state index < -0.39 is 86.8 Å². The molecule has 14 nitrogen and oxygen atoms in total. The van der Waals surface area contributed by atoms with E-state index >= 15 is 0 Å². The third-order valence-electron chi connectivity index (χ3n) is 13.6. The van der Waals surface area contributed by atoms with Gasteiger partial charge in [-0.25, -0.2) is 0 Å². The summed E-state index contributed by atoms with van der Waals surface area (Å²) < 4.78 is 22.7. The van der Waals surface area contributed by atoms with Gasteiger partial charge in [-0.3, -0.25) is 4.79 Å². The van der Waals surface area contributed by atoms with Crippen LogP contribution < -0.4 is 5.32 Å². The summed E-state index contributed by atoms with van der Waals surface area (Å²) in [6, 6.07) is -0.926. The van der Waals surface area contributed by atoms with Gasteiger partial charge in [-0.15, -0.1) is 0 Å². The lowest BCUT2D eigenvalue weighted by atomic mass is 9.97. The fraction of sp³-hybridized carbons (Fsp3) is 0.907. The van der Waals surface area contributed by atoms with Crippen LogP contribution in [0.5, 0.6) is 0 Å². The average molecular weight is 972 g/mol. The predicted octanol–water partition coefficient (Wildman–Crippen LogP) is 8.11. The minimum Gasteiger partial charge on any atom is -0.394 e. The molecule has 0 aromatic carbocycles. The van der Waals surface area contributed by atoms with E-state index in [1.807, 2.05) is 6.08 Å². The first-order valence-corrected chi connectivity index (χ1v) is 27.6. The van der Waals surface area contributed by atoms with Gasteiger partial charge in [0.1, 0.15) is 48.8 Å². The molecule has 12 atom stereocenters. The van der Waals surface area contributed by atoms with E-state index in [2.05, 4.69) is 31.3 Å². The smallest absolute Gasteiger partial charge is 0.220 e. The fourth-order valence-electron chi connectivity index (χ4n) is 9.13. The third-order valence-corrected chi connectivity index (χ3v) is 13.6. The number of hydrogen-bond acceptors (Lipinski definition) is 13. The van der Waals surface area contributed by atoms with Gasteiger partial charge in [-0.05, 0) is 32.1 Å². The van der Waals surface area contributed by atoms with Crippen molar-refractivity contribution >= 4 is 5.91 Å². The quantitative estimate of drug-likeness (QED) is 0.0208. The minimum absolute atomic E-state index is 0.246. The second kappa shape index (κ2) is 41.0. The highest BCUT2D eigenvalue weighted by Gasteiger charge is 2.51. The maximum absolute atomic E-state index is 13.2. The standard InChI is InChI=1S/C54H101NO13/c1-3-5-7-9-11-13-15-17-19-20-21-22-24-26-28-30-32-34-36-38-46(59)55-42(43(58)37-35-33-31-29-27-25-23-18-16-14-12-10-8-6-4-2)41-65-53-51(64)49(62)52(45(40-57)67-53)68-54-50(63)48(61)47(60)44(39-56)66-54/h27,29,35,37,42-45,47-54,56-58,60-64H,3-26,28,30-34,36,38-41H2,1-2H3,(H,55,59)/b29-27+,37-35+. The maximum Gasteiger partial charge on any atom is 0.220 e. The van der Waals surface area contributed by atoms with Crippen LogP contribution in [0.3, 0.4) is 0 Å². The molecule has 2 heterocycles. The van der Waals surface area contributed by atoms with Crippen molar-refractivity contribution in [1.82, 2.24) is 5.32 Å². The number of nitrogens with one attached hydrogen (secondary N) is 1. The van der Waals surface area contributed by atoms with Gasteiger partial charge in [0.2, 0.25) is 5.91 Å². The molecule has 1 amide bonds. The molecule has 0 aromatic heterocycles. The molecule has 2 aliphatic heterocycles. The lowest BCUT2D eigenvalue weighted by Crippen LogP contribution is -2.65. The van der Waals surface area contributed by atoms with Crippen LogP contribution in [0.25, 0.3) is 0 Å². The van der Waals surface area contributed by atoms with Crippen LogP contribution in [0.2, 0.25) is 0 Å². The zero-order valence-electron chi connectivity index (χ0n) is 42.6. The molecule has 0 aromatic rings. The first-order chi connectivity index (χ1) is 33.1. The van der Waals surface area contributed by atoms with Crippen LogP contribution in [-0.4, -0.2) is 140 Å². The fourth-order valence-corrected chi connectivity index (χ4v) is 9.13. The molecular weight excluding hydrogens is 871 g/mol. The summed E-state index contributed by atoms with van der Waals surface area (Å²) in [5.41, 5.74) is 0. The van der Waals surface area contributed by atoms with Crippen LogP contribution in [0, 0.1) is 0 Å². The van der Waals surface area contributed by atoms with Gasteiger partial charge in [0.25, 0.3) is 0 Å². The Morgan fingerprint density at radius 3 is 1.44 bits per heavy atom. The molecule has 68 heavy (non-hydrogen) atoms. The van der Waals surface area contributed by atoms with Crippen molar-refractivity contribution in [2.45, 2.75) is 293 Å². The molecule has 14 heteroatoms. The molecule has 0 bridgehead atoms. The van der Waals surface area contributed by atoms with Gasteiger partial charge < -0.3 is 65.1 Å². The van der Waals surface area contributed by atoms with E-state index in [1.54, 1.807) is 6.08 Å². The van der Waals surface area contributed by atoms with Crippen molar-refractivity contribution in [2.75, 3.05) is 19.8 Å². The Kier molecular flexibility index (Phi) is 37.7. The molecule has 0 spiro atoms. The van der Waals surface area contributed by atoms with Crippen LogP contribution >= 0.6 is 0 Å². The van der Waals surface area contributed by atoms with Crippen LogP contribution in [0.15, 0.2) is 24.3 Å². The van der Waals surface area contributed by atoms with E-state index in [9.17, 15) is 45.6 Å². The predicted molar refractivity (Wildman–Crippen MR) is 268 cm³/mol. The highest BCUT2D eigenvalue weighted by Crippen LogP contribution is 2.30. The number of carbonyl (C=O) groups excluding carboxylic acids is 1. The number of unbranched alkanes of at least 4 members (excludes halogenated alkanes) is 28. The monoisotopic (exact) mass is 972 g/mol. The summed E-state index contributed by atoms with van der Waals surface area (Å²) in [6.45, 7) is 2.78. The maximum atomic E-state index is 13.2. The number of ether oxygens (including phenoxy) is 4. The number of carbonyl (C=O) groups is 1. The number of hydrogen-bond donors (Lipinski definition) is 9. The second-order valence-corrected chi connectivity index (χ2v) is 19.7. The zero-order chi connectivity index (χ0) is 49.6. The van der Waals surface area contributed by atoms with Gasteiger partial charge in [0, 0.05) is 6.42 Å². The molecule has 0 saturated carbocycles. The number of aliphatic hydroxyl groups excluding tert-OH is 8. The van der Waals surface area contributed by atoms with Crippen molar-refractivity contribution in [2.24, 2.45) is 0 Å². The van der Waals surface area contributed by atoms with Gasteiger partial charge in [0.05, 0.1) is 32.0 Å². The van der Waals surface area contributed by atoms with Gasteiger partial charge in [-0.1, -0.05) is 205 Å². The molecular formula is C54H101NO13. The van der Waals surface area contributed by atoms with E-state index in [1.165, 1.54) is 154 Å². The Balaban J connectivity index is 1.81. The van der Waals surface area contributed by atoms with Crippen LogP contribution in [0.4, 0.5) is 0 Å². The lowest BCUT2D eigenvalue weighted by molar-refractivity contribution is -0.359. The van der Waals surface area contributed by atoms with Crippen LogP contribution in [0.1, 0.15) is 219 Å². The SMILES string of the molecule is CCCCCCCCCCC/C=C/CC/C=C/C(O)C(COC1OC(CO)C(OC2OC(CO)C(O)C(O)C2O)C(O)C1O)NC(=O)CCCCCCCCCCCCCCCCCCCCC. The summed E-state index contributed by atoms with van der Waals surface area (Å²) >= 11 is 0. The molecule has 0 radical (unpaired) electrons. The topological polar surface area (TPSA) is 228 Å². The summed E-state index contributed by atoms with van der Waals surface area (Å²) in [6.07, 6.45) is 29.3. The van der Waals surface area contributed by atoms with E-state index in [4.69, 9.17) is 18.9 Å². The molecule has 2 saturated heterocycles. The van der Waals surface area contributed by atoms with Crippen molar-refractivity contribution in [3.8, 4) is 0 Å². The van der Waals surface area contributed by atoms with E-state index in [0.29, 0.717) is 12.8 Å². The van der Waals surface area contributed by atoms with Gasteiger partial charge >= 0.3 is 0 Å². The van der Waals surface area contributed by atoms with Crippen molar-refractivity contribution in [3.05, 3.63) is 24.3 Å². The summed E-state index contributed by atoms with van der Waals surface area (Å²) in [4.78, 5) is 13.2. The molecule has 2 fully saturated rings. The lowest BCUT2D eigenvalue weighted by Gasteiger charge is -2.46. The Morgan fingerprint density at radius 2 is 0.941 bits per heavy atom. The number of allylic oxidation sites excluding steroid dienone is 3. The zero-order valence-corrected chi connectivity index (χ0v) is 42.6. The Bertz CT molecular complexity index is 1240. The highest BCUT2D eigenvalue weighted by atomic mass is 16.7. The second-order valence-electron chi connectivity index (χ2n) is 19.7. The first kappa shape index (κ1) is 62.6. The summed E-state index contributed by atoms with van der Waals surface area (Å²) in [7, 11) is 0. The average Bonchev–Trinajstić information content (AvgIpc) is 3.34. The molecule has 12 unspecified atom stereocenters. The minimum atomic E-state index is -1.79. The number of aliphatic hydroxyl groups is 8.